The molecule has 4 rings (SSSR count). The van der Waals surface area contributed by atoms with Crippen LogP contribution >= 0.6 is 0 Å². The van der Waals surface area contributed by atoms with Crippen LogP contribution in [0.5, 0.6) is 17.2 Å². The highest BCUT2D eigenvalue weighted by atomic mass is 32.2. The first-order chi connectivity index (χ1) is 16.3. The van der Waals surface area contributed by atoms with Gasteiger partial charge in [0.1, 0.15) is 5.75 Å². The summed E-state index contributed by atoms with van der Waals surface area (Å²) in [7, 11) is -3.84. The van der Waals surface area contributed by atoms with E-state index < -0.39 is 16.1 Å². The van der Waals surface area contributed by atoms with Crippen LogP contribution in [0.15, 0.2) is 41.3 Å². The first kappa shape index (κ1) is 24.3. The maximum atomic E-state index is 12.9. The van der Waals surface area contributed by atoms with Crippen molar-refractivity contribution in [2.75, 3.05) is 39.6 Å². The van der Waals surface area contributed by atoms with E-state index >= 15 is 0 Å². The number of ether oxygens (including phenoxy) is 3. The third-order valence-electron chi connectivity index (χ3n) is 5.99. The van der Waals surface area contributed by atoms with Crippen LogP contribution in [0.4, 0.5) is 0 Å². The van der Waals surface area contributed by atoms with Crippen molar-refractivity contribution in [3.05, 3.63) is 47.5 Å². The molecule has 2 aliphatic heterocycles. The van der Waals surface area contributed by atoms with Crippen LogP contribution in [0, 0.1) is 6.92 Å². The Morgan fingerprint density at radius 1 is 1.09 bits per heavy atom. The molecule has 1 amide bonds. The standard InChI is InChI=1S/C24H31N3O6S/c1-4-31-21-8-6-20(13-17(21)2)34(29,30)25-18(3)24(28)27-11-9-26(10-12-27)15-19-5-7-22-23(14-19)33-16-32-22/h5-8,13-14,18,25H,4,9-12,15-16H2,1-3H3/t18-/m1/s1. The summed E-state index contributed by atoms with van der Waals surface area (Å²) >= 11 is 0. The summed E-state index contributed by atoms with van der Waals surface area (Å²) in [5.74, 6) is 1.93. The molecule has 2 aromatic carbocycles. The molecule has 0 bridgehead atoms. The number of nitrogens with zero attached hydrogens (tertiary/aromatic N) is 2. The van der Waals surface area contributed by atoms with Crippen molar-refractivity contribution in [1.29, 1.82) is 0 Å². The average molecular weight is 490 g/mol. The van der Waals surface area contributed by atoms with Gasteiger partial charge in [-0.1, -0.05) is 6.07 Å². The van der Waals surface area contributed by atoms with Gasteiger partial charge in [-0.15, -0.1) is 0 Å². The van der Waals surface area contributed by atoms with Crippen LogP contribution in [0.1, 0.15) is 25.0 Å². The number of fused-ring (bicyclic) bond motifs is 1. The molecule has 2 aromatic rings. The summed E-state index contributed by atoms with van der Waals surface area (Å²) in [5, 5.41) is 0. The van der Waals surface area contributed by atoms with Gasteiger partial charge in [0.15, 0.2) is 11.5 Å². The van der Waals surface area contributed by atoms with Gasteiger partial charge in [0.05, 0.1) is 17.5 Å². The third-order valence-corrected chi connectivity index (χ3v) is 7.52. The van der Waals surface area contributed by atoms with Crippen molar-refractivity contribution >= 4 is 15.9 Å². The minimum Gasteiger partial charge on any atom is -0.494 e. The second-order valence-corrected chi connectivity index (χ2v) is 10.2. The normalized spacial score (nSPS) is 17.0. The highest BCUT2D eigenvalue weighted by molar-refractivity contribution is 7.89. The van der Waals surface area contributed by atoms with E-state index in [1.807, 2.05) is 25.1 Å². The van der Waals surface area contributed by atoms with E-state index in [4.69, 9.17) is 14.2 Å². The fraction of sp³-hybridized carbons (Fsp3) is 0.458. The van der Waals surface area contributed by atoms with Crippen molar-refractivity contribution in [2.24, 2.45) is 0 Å². The van der Waals surface area contributed by atoms with Crippen molar-refractivity contribution in [1.82, 2.24) is 14.5 Å². The molecule has 2 heterocycles. The van der Waals surface area contributed by atoms with E-state index in [2.05, 4.69) is 9.62 Å². The zero-order valence-electron chi connectivity index (χ0n) is 19.7. The highest BCUT2D eigenvalue weighted by Gasteiger charge is 2.28. The zero-order valence-corrected chi connectivity index (χ0v) is 20.6. The van der Waals surface area contributed by atoms with Crippen LogP contribution in [0.2, 0.25) is 0 Å². The number of nitrogens with one attached hydrogen (secondary N) is 1. The molecule has 0 saturated carbocycles. The van der Waals surface area contributed by atoms with Crippen LogP contribution in [0.25, 0.3) is 0 Å². The summed E-state index contributed by atoms with van der Waals surface area (Å²) in [4.78, 5) is 17.0. The van der Waals surface area contributed by atoms with E-state index in [1.165, 1.54) is 6.07 Å². The molecule has 0 aliphatic carbocycles. The molecule has 34 heavy (non-hydrogen) atoms. The van der Waals surface area contributed by atoms with Gasteiger partial charge in [-0.2, -0.15) is 4.72 Å². The van der Waals surface area contributed by atoms with E-state index in [-0.39, 0.29) is 17.6 Å². The molecule has 1 N–H and O–H groups in total. The predicted molar refractivity (Wildman–Crippen MR) is 127 cm³/mol. The molecule has 1 saturated heterocycles. The Bertz CT molecular complexity index is 1150. The fourth-order valence-corrected chi connectivity index (χ4v) is 5.44. The summed E-state index contributed by atoms with van der Waals surface area (Å²) in [6, 6.07) is 9.74. The van der Waals surface area contributed by atoms with Crippen molar-refractivity contribution < 1.29 is 27.4 Å². The molecule has 0 aromatic heterocycles. The average Bonchev–Trinajstić information content (AvgIpc) is 3.28. The molecule has 1 atom stereocenters. The Hall–Kier alpha value is -2.82. The molecule has 10 heteroatoms. The Balaban J connectivity index is 1.30. The van der Waals surface area contributed by atoms with Crippen LogP contribution < -0.4 is 18.9 Å². The molecule has 1 fully saturated rings. The lowest BCUT2D eigenvalue weighted by atomic mass is 10.1. The van der Waals surface area contributed by atoms with Crippen LogP contribution in [0.3, 0.4) is 0 Å². The second-order valence-electron chi connectivity index (χ2n) is 8.49. The first-order valence-corrected chi connectivity index (χ1v) is 12.9. The van der Waals surface area contributed by atoms with Gasteiger partial charge in [0.25, 0.3) is 0 Å². The molecule has 9 nitrogen and oxygen atoms in total. The predicted octanol–water partition coefficient (Wildman–Crippen LogP) is 2.13. The quantitative estimate of drug-likeness (QED) is 0.607. The number of aryl methyl sites for hydroxylation is 1. The number of hydrogen-bond acceptors (Lipinski definition) is 7. The minimum atomic E-state index is -3.84. The number of carbonyl (C=O) groups excluding carboxylic acids is 1. The monoisotopic (exact) mass is 489 g/mol. The molecular weight excluding hydrogens is 458 g/mol. The van der Waals surface area contributed by atoms with Crippen molar-refractivity contribution in [3.63, 3.8) is 0 Å². The lowest BCUT2D eigenvalue weighted by molar-refractivity contribution is -0.134. The van der Waals surface area contributed by atoms with Gasteiger partial charge in [0.2, 0.25) is 22.7 Å². The molecule has 2 aliphatic rings. The van der Waals surface area contributed by atoms with E-state index in [0.29, 0.717) is 38.5 Å². The van der Waals surface area contributed by atoms with E-state index in [9.17, 15) is 13.2 Å². The molecule has 0 spiro atoms. The van der Waals surface area contributed by atoms with E-state index in [0.717, 1.165) is 29.2 Å². The van der Waals surface area contributed by atoms with Crippen LogP contribution in [-0.4, -0.2) is 69.7 Å². The summed E-state index contributed by atoms with van der Waals surface area (Å²) in [5.41, 5.74) is 1.85. The van der Waals surface area contributed by atoms with Gasteiger partial charge in [-0.05, 0) is 62.2 Å². The third kappa shape index (κ3) is 5.45. The number of benzene rings is 2. The summed E-state index contributed by atoms with van der Waals surface area (Å²) < 4.78 is 44.5. The number of hydrogen-bond donors (Lipinski definition) is 1. The number of rotatable bonds is 8. The lowest BCUT2D eigenvalue weighted by Crippen LogP contribution is -2.53. The Morgan fingerprint density at radius 2 is 1.82 bits per heavy atom. The Labute approximate surface area is 200 Å². The fourth-order valence-electron chi connectivity index (χ4n) is 4.16. The SMILES string of the molecule is CCOc1ccc(S(=O)(=O)N[C@H](C)C(=O)N2CCN(Cc3ccc4c(c3)OCO4)CC2)cc1C. The minimum absolute atomic E-state index is 0.113. The van der Waals surface area contributed by atoms with Crippen LogP contribution in [-0.2, 0) is 21.4 Å². The van der Waals surface area contributed by atoms with Crippen molar-refractivity contribution in [2.45, 2.75) is 38.3 Å². The number of amides is 1. The molecular formula is C24H31N3O6S. The van der Waals surface area contributed by atoms with E-state index in [1.54, 1.807) is 30.9 Å². The number of piperazine rings is 1. The molecule has 184 valence electrons. The number of carbonyl (C=O) groups is 1. The maximum absolute atomic E-state index is 12.9. The highest BCUT2D eigenvalue weighted by Crippen LogP contribution is 2.33. The lowest BCUT2D eigenvalue weighted by Gasteiger charge is -2.36. The first-order valence-electron chi connectivity index (χ1n) is 11.4. The second kappa shape index (κ2) is 10.2. The number of sulfonamides is 1. The Kier molecular flexibility index (Phi) is 7.30. The van der Waals surface area contributed by atoms with Gasteiger partial charge >= 0.3 is 0 Å². The van der Waals surface area contributed by atoms with Gasteiger partial charge < -0.3 is 19.1 Å². The summed E-state index contributed by atoms with van der Waals surface area (Å²) in [6.07, 6.45) is 0. The van der Waals surface area contributed by atoms with Gasteiger partial charge in [0, 0.05) is 32.7 Å². The van der Waals surface area contributed by atoms with Gasteiger partial charge in [-0.3, -0.25) is 9.69 Å². The smallest absolute Gasteiger partial charge is 0.241 e. The summed E-state index contributed by atoms with van der Waals surface area (Å²) in [6.45, 7) is 9.24. The maximum Gasteiger partial charge on any atom is 0.241 e. The molecule has 0 radical (unpaired) electrons. The van der Waals surface area contributed by atoms with Crippen molar-refractivity contribution in [3.8, 4) is 17.2 Å². The molecule has 0 unspecified atom stereocenters. The Morgan fingerprint density at radius 3 is 2.53 bits per heavy atom. The topological polar surface area (TPSA) is 97.4 Å². The largest absolute Gasteiger partial charge is 0.494 e. The van der Waals surface area contributed by atoms with Gasteiger partial charge in [-0.25, -0.2) is 8.42 Å². The zero-order chi connectivity index (χ0) is 24.3.